The Morgan fingerprint density at radius 1 is 1.10 bits per heavy atom. The van der Waals surface area contributed by atoms with Gasteiger partial charge in [0, 0.05) is 30.4 Å². The molecule has 0 aliphatic heterocycles. The van der Waals surface area contributed by atoms with Crippen molar-refractivity contribution in [2.45, 2.75) is 31.8 Å². The lowest BCUT2D eigenvalue weighted by molar-refractivity contribution is -0.135. The maximum absolute atomic E-state index is 14.1. The second-order valence-corrected chi connectivity index (χ2v) is 8.51. The summed E-state index contributed by atoms with van der Waals surface area (Å²) < 4.78 is 91.6. The van der Waals surface area contributed by atoms with E-state index in [4.69, 9.17) is 9.47 Å². The minimum Gasteiger partial charge on any atom is -0.482 e. The van der Waals surface area contributed by atoms with E-state index in [0.717, 1.165) is 13.2 Å². The van der Waals surface area contributed by atoms with E-state index in [1.54, 1.807) is 30.3 Å². The summed E-state index contributed by atoms with van der Waals surface area (Å²) in [5, 5.41) is 2.10. The minimum absolute atomic E-state index is 0.301. The van der Waals surface area contributed by atoms with Crippen LogP contribution < -0.4 is 20.9 Å². The summed E-state index contributed by atoms with van der Waals surface area (Å²) in [5.74, 6) is -7.00. The Bertz CT molecular complexity index is 1470. The normalized spacial score (nSPS) is 11.9. The number of benzene rings is 2. The van der Waals surface area contributed by atoms with Gasteiger partial charge in [-0.3, -0.25) is 14.3 Å². The van der Waals surface area contributed by atoms with Crippen molar-refractivity contribution in [3.63, 3.8) is 0 Å². The number of nitrogens with one attached hydrogen (secondary N) is 2. The number of pyridine rings is 1. The molecule has 218 valence electrons. The van der Waals surface area contributed by atoms with Crippen molar-refractivity contribution >= 4 is 11.9 Å². The first kappa shape index (κ1) is 30.8. The molecule has 0 bridgehead atoms. The molecule has 41 heavy (non-hydrogen) atoms. The van der Waals surface area contributed by atoms with Gasteiger partial charge in [-0.1, -0.05) is 36.4 Å². The molecule has 8 nitrogen and oxygen atoms in total. The van der Waals surface area contributed by atoms with Crippen molar-refractivity contribution in [1.82, 2.24) is 9.99 Å². The van der Waals surface area contributed by atoms with Gasteiger partial charge in [0.25, 0.3) is 5.91 Å². The van der Waals surface area contributed by atoms with Gasteiger partial charge in [0.05, 0.1) is 19.6 Å². The van der Waals surface area contributed by atoms with Crippen molar-refractivity contribution in [2.24, 2.45) is 0 Å². The molecule has 2 aromatic carbocycles. The number of halogens is 6. The van der Waals surface area contributed by atoms with Gasteiger partial charge in [-0.15, -0.1) is 6.58 Å². The van der Waals surface area contributed by atoms with Crippen molar-refractivity contribution in [1.29, 1.82) is 0 Å². The van der Waals surface area contributed by atoms with Crippen LogP contribution in [0.3, 0.4) is 0 Å². The standard InChI is InChI=1S/C27H23F6N3O5/c1-3-17(11-27(31,32)33)35-36-13-19(25(38)34-12-18-20(29)9-16(28)10-21(18)30)23(37)24(22(36)26(39)40-2)41-14-15-7-5-4-6-8-15/h3-10,13,17,35H,1,11-12,14H2,2H3,(H,34,38). The van der Waals surface area contributed by atoms with Gasteiger partial charge >= 0.3 is 12.1 Å². The van der Waals surface area contributed by atoms with Crippen LogP contribution in [0.15, 0.2) is 66.1 Å². The number of alkyl halides is 3. The number of esters is 1. The smallest absolute Gasteiger partial charge is 0.391 e. The average Bonchev–Trinajstić information content (AvgIpc) is 2.91. The van der Waals surface area contributed by atoms with Crippen LogP contribution in [0.4, 0.5) is 26.3 Å². The Morgan fingerprint density at radius 2 is 1.73 bits per heavy atom. The zero-order valence-electron chi connectivity index (χ0n) is 21.4. The molecular formula is C27H23F6N3O5. The first-order chi connectivity index (χ1) is 19.3. The van der Waals surface area contributed by atoms with Gasteiger partial charge in [-0.25, -0.2) is 18.0 Å². The Hall–Kier alpha value is -4.75. The third-order valence-electron chi connectivity index (χ3n) is 5.59. The summed E-state index contributed by atoms with van der Waals surface area (Å²) >= 11 is 0. The molecule has 1 amide bonds. The largest absolute Gasteiger partial charge is 0.482 e. The Labute approximate surface area is 229 Å². The number of ether oxygens (including phenoxy) is 2. The molecule has 0 spiro atoms. The fourth-order valence-corrected chi connectivity index (χ4v) is 3.62. The van der Waals surface area contributed by atoms with Crippen LogP contribution in [0.5, 0.6) is 5.75 Å². The molecule has 14 heteroatoms. The highest BCUT2D eigenvalue weighted by Gasteiger charge is 2.33. The predicted octanol–water partition coefficient (Wildman–Crippen LogP) is 4.61. The number of carbonyl (C=O) groups is 2. The topological polar surface area (TPSA) is 98.7 Å². The molecule has 0 aliphatic carbocycles. The van der Waals surface area contributed by atoms with Crippen molar-refractivity contribution in [3.8, 4) is 5.75 Å². The molecule has 0 radical (unpaired) electrons. The second kappa shape index (κ2) is 13.1. The second-order valence-electron chi connectivity index (χ2n) is 8.51. The molecule has 3 rings (SSSR count). The molecule has 1 atom stereocenters. The molecule has 1 unspecified atom stereocenters. The first-order valence-electron chi connectivity index (χ1n) is 11.8. The van der Waals surface area contributed by atoms with Gasteiger partial charge in [0.2, 0.25) is 11.2 Å². The van der Waals surface area contributed by atoms with Gasteiger partial charge in [0.15, 0.2) is 5.69 Å². The van der Waals surface area contributed by atoms with E-state index in [1.165, 1.54) is 0 Å². The van der Waals surface area contributed by atoms with Crippen molar-refractivity contribution in [3.05, 3.63) is 111 Å². The summed E-state index contributed by atoms with van der Waals surface area (Å²) in [7, 11) is 0.950. The number of rotatable bonds is 11. The van der Waals surface area contributed by atoms with Crippen LogP contribution in [0.2, 0.25) is 0 Å². The fraction of sp³-hybridized carbons (Fsp3) is 0.222. The van der Waals surface area contributed by atoms with E-state index in [2.05, 4.69) is 17.3 Å². The Kier molecular flexibility index (Phi) is 9.81. The van der Waals surface area contributed by atoms with E-state index < -0.39 is 82.5 Å². The highest BCUT2D eigenvalue weighted by Crippen LogP contribution is 2.24. The molecule has 1 heterocycles. The average molecular weight is 583 g/mol. The number of nitrogens with zero attached hydrogens (tertiary/aromatic N) is 1. The Morgan fingerprint density at radius 3 is 2.29 bits per heavy atom. The number of hydrogen-bond acceptors (Lipinski definition) is 6. The summed E-state index contributed by atoms with van der Waals surface area (Å²) in [5.41, 5.74) is -0.469. The quantitative estimate of drug-likeness (QED) is 0.194. The van der Waals surface area contributed by atoms with Crippen LogP contribution >= 0.6 is 0 Å². The van der Waals surface area contributed by atoms with E-state index in [9.17, 15) is 40.7 Å². The lowest BCUT2D eigenvalue weighted by Crippen LogP contribution is -2.38. The zero-order valence-corrected chi connectivity index (χ0v) is 21.4. The number of amides is 1. The van der Waals surface area contributed by atoms with Crippen molar-refractivity contribution < 1.29 is 45.4 Å². The maximum atomic E-state index is 14.1. The van der Waals surface area contributed by atoms with Crippen LogP contribution in [-0.2, 0) is 17.9 Å². The first-order valence-corrected chi connectivity index (χ1v) is 11.8. The summed E-state index contributed by atoms with van der Waals surface area (Å²) in [6, 6.07) is 7.47. The van der Waals surface area contributed by atoms with E-state index in [1.807, 2.05) is 0 Å². The third-order valence-corrected chi connectivity index (χ3v) is 5.59. The number of carbonyl (C=O) groups excluding carboxylic acids is 2. The van der Waals surface area contributed by atoms with Gasteiger partial charge in [-0.05, 0) is 5.56 Å². The van der Waals surface area contributed by atoms with Crippen LogP contribution in [0.25, 0.3) is 0 Å². The maximum Gasteiger partial charge on any atom is 0.391 e. The van der Waals surface area contributed by atoms with E-state index in [0.29, 0.717) is 28.6 Å². The molecule has 0 saturated carbocycles. The third kappa shape index (κ3) is 7.90. The molecule has 0 saturated heterocycles. The van der Waals surface area contributed by atoms with Gasteiger partial charge in [-0.2, -0.15) is 13.2 Å². The number of aromatic nitrogens is 1. The number of hydrogen-bond donors (Lipinski definition) is 2. The SMILES string of the molecule is C=CC(CC(F)(F)F)Nn1cc(C(=O)NCc2c(F)cc(F)cc2F)c(=O)c(OCc2ccccc2)c1C(=O)OC. The lowest BCUT2D eigenvalue weighted by Gasteiger charge is -2.24. The minimum atomic E-state index is -4.67. The van der Waals surface area contributed by atoms with Crippen LogP contribution in [0, 0.1) is 17.5 Å². The molecule has 3 aromatic rings. The summed E-state index contributed by atoms with van der Waals surface area (Å²) in [6.45, 7) is 2.20. The van der Waals surface area contributed by atoms with E-state index in [-0.39, 0.29) is 6.61 Å². The molecule has 0 aliphatic rings. The summed E-state index contributed by atoms with van der Waals surface area (Å²) in [4.78, 5) is 39.1. The highest BCUT2D eigenvalue weighted by atomic mass is 19.4. The predicted molar refractivity (Wildman–Crippen MR) is 134 cm³/mol. The van der Waals surface area contributed by atoms with Crippen molar-refractivity contribution in [2.75, 3.05) is 12.5 Å². The van der Waals surface area contributed by atoms with Crippen LogP contribution in [-0.4, -0.2) is 35.9 Å². The van der Waals surface area contributed by atoms with E-state index >= 15 is 0 Å². The molecule has 1 aromatic heterocycles. The van der Waals surface area contributed by atoms with Gasteiger partial charge in [0.1, 0.15) is 29.6 Å². The van der Waals surface area contributed by atoms with Gasteiger partial charge < -0.3 is 20.2 Å². The fourth-order valence-electron chi connectivity index (χ4n) is 3.62. The zero-order chi connectivity index (χ0) is 30.3. The highest BCUT2D eigenvalue weighted by molar-refractivity contribution is 5.97. The Balaban J connectivity index is 2.10. The number of methoxy groups -OCH3 is 1. The molecule has 0 fully saturated rings. The molecular weight excluding hydrogens is 560 g/mol. The molecule has 2 N–H and O–H groups in total. The van der Waals surface area contributed by atoms with Crippen LogP contribution in [0.1, 0.15) is 38.4 Å². The summed E-state index contributed by atoms with van der Waals surface area (Å²) in [6.07, 6.45) is -4.53. The monoisotopic (exact) mass is 583 g/mol. The lowest BCUT2D eigenvalue weighted by atomic mass is 10.1.